The van der Waals surface area contributed by atoms with Crippen LogP contribution in [0.3, 0.4) is 0 Å². The van der Waals surface area contributed by atoms with Crippen LogP contribution in [-0.2, 0) is 6.42 Å². The van der Waals surface area contributed by atoms with Gasteiger partial charge in [-0.15, -0.1) is 11.3 Å². The maximum absolute atomic E-state index is 12.3. The molecule has 21 heavy (non-hydrogen) atoms. The minimum Gasteiger partial charge on any atom is -0.384 e. The summed E-state index contributed by atoms with van der Waals surface area (Å²) in [5.74, 6) is -0.0754. The Morgan fingerprint density at radius 1 is 1.24 bits per heavy atom. The van der Waals surface area contributed by atoms with E-state index in [1.807, 2.05) is 41.9 Å². The zero-order valence-corrected chi connectivity index (χ0v) is 12.0. The number of hydrogen-bond donors (Lipinski definition) is 2. The lowest BCUT2D eigenvalue weighted by Crippen LogP contribution is -2.11. The molecule has 0 aliphatic carbocycles. The summed E-state index contributed by atoms with van der Waals surface area (Å²) in [6.45, 7) is 0.947. The molecule has 0 bridgehead atoms. The molecule has 1 aliphatic rings. The molecular formula is C16H13N3OS. The molecule has 0 fully saturated rings. The van der Waals surface area contributed by atoms with Gasteiger partial charge >= 0.3 is 0 Å². The van der Waals surface area contributed by atoms with Gasteiger partial charge in [0.25, 0.3) is 5.91 Å². The Morgan fingerprint density at radius 3 is 3.14 bits per heavy atom. The lowest BCUT2D eigenvalue weighted by atomic mass is 10.1. The molecule has 0 unspecified atom stereocenters. The number of hydrogen-bond acceptors (Lipinski definition) is 4. The fourth-order valence-electron chi connectivity index (χ4n) is 2.58. The van der Waals surface area contributed by atoms with Crippen molar-refractivity contribution in [3.05, 3.63) is 53.0 Å². The highest BCUT2D eigenvalue weighted by Gasteiger charge is 2.13. The van der Waals surface area contributed by atoms with Crippen LogP contribution in [0.25, 0.3) is 10.2 Å². The summed E-state index contributed by atoms with van der Waals surface area (Å²) in [6, 6.07) is 11.6. The number of nitrogens with zero attached hydrogens (tertiary/aromatic N) is 1. The van der Waals surface area contributed by atoms with Crippen molar-refractivity contribution in [2.75, 3.05) is 17.2 Å². The van der Waals surface area contributed by atoms with Gasteiger partial charge in [-0.3, -0.25) is 4.79 Å². The van der Waals surface area contributed by atoms with Crippen molar-refractivity contribution in [1.29, 1.82) is 0 Å². The lowest BCUT2D eigenvalue weighted by Gasteiger charge is -2.07. The highest BCUT2D eigenvalue weighted by Crippen LogP contribution is 2.25. The van der Waals surface area contributed by atoms with Crippen LogP contribution >= 0.6 is 11.3 Å². The Balaban J connectivity index is 1.59. The Kier molecular flexibility index (Phi) is 2.86. The number of carbonyl (C=O) groups excluding carboxylic acids is 1. The fraction of sp³-hybridized carbons (Fsp3) is 0.125. The zero-order chi connectivity index (χ0) is 14.2. The van der Waals surface area contributed by atoms with Crippen molar-refractivity contribution >= 4 is 38.8 Å². The van der Waals surface area contributed by atoms with E-state index in [1.165, 1.54) is 5.56 Å². The molecule has 0 spiro atoms. The molecule has 4 nitrogen and oxygen atoms in total. The number of nitrogens with one attached hydrogen (secondary N) is 2. The second kappa shape index (κ2) is 4.86. The maximum Gasteiger partial charge on any atom is 0.255 e. The first-order chi connectivity index (χ1) is 10.3. The molecule has 0 radical (unpaired) electrons. The molecule has 4 rings (SSSR count). The summed E-state index contributed by atoms with van der Waals surface area (Å²) in [5.41, 5.74) is 6.61. The van der Waals surface area contributed by atoms with Gasteiger partial charge in [0.1, 0.15) is 0 Å². The summed E-state index contributed by atoms with van der Waals surface area (Å²) >= 11 is 1.57. The van der Waals surface area contributed by atoms with Gasteiger partial charge in [0.15, 0.2) is 0 Å². The number of aromatic nitrogens is 1. The van der Waals surface area contributed by atoms with E-state index >= 15 is 0 Å². The lowest BCUT2D eigenvalue weighted by molar-refractivity contribution is 0.102. The second-order valence-corrected chi connectivity index (χ2v) is 5.92. The molecule has 2 aromatic carbocycles. The first-order valence-electron chi connectivity index (χ1n) is 6.81. The maximum atomic E-state index is 12.3. The van der Waals surface area contributed by atoms with Crippen LogP contribution in [0.15, 0.2) is 41.9 Å². The molecule has 2 heterocycles. The van der Waals surface area contributed by atoms with Crippen LogP contribution < -0.4 is 10.6 Å². The quantitative estimate of drug-likeness (QED) is 0.760. The second-order valence-electron chi connectivity index (χ2n) is 5.04. The number of carbonyl (C=O) groups is 1. The molecular weight excluding hydrogens is 282 g/mol. The SMILES string of the molecule is O=C(Nc1ccc2ncsc2c1)c1ccc2c(c1)CCN2. The third-order valence-corrected chi connectivity index (χ3v) is 4.46. The van der Waals surface area contributed by atoms with Crippen molar-refractivity contribution in [3.8, 4) is 0 Å². The van der Waals surface area contributed by atoms with Gasteiger partial charge in [0.2, 0.25) is 0 Å². The van der Waals surface area contributed by atoms with Gasteiger partial charge in [0.05, 0.1) is 15.7 Å². The third kappa shape index (κ3) is 2.25. The van der Waals surface area contributed by atoms with E-state index in [4.69, 9.17) is 0 Å². The average molecular weight is 295 g/mol. The zero-order valence-electron chi connectivity index (χ0n) is 11.2. The molecule has 0 atom stereocenters. The Hall–Kier alpha value is -2.40. The summed E-state index contributed by atoms with van der Waals surface area (Å²) in [6.07, 6.45) is 0.975. The molecule has 3 aromatic rings. The van der Waals surface area contributed by atoms with E-state index in [2.05, 4.69) is 15.6 Å². The van der Waals surface area contributed by atoms with Crippen LogP contribution in [0.5, 0.6) is 0 Å². The summed E-state index contributed by atoms with van der Waals surface area (Å²) in [4.78, 5) is 16.6. The van der Waals surface area contributed by atoms with Crippen molar-refractivity contribution < 1.29 is 4.79 Å². The van der Waals surface area contributed by atoms with Gasteiger partial charge in [-0.2, -0.15) is 0 Å². The van der Waals surface area contributed by atoms with Gasteiger partial charge in [-0.25, -0.2) is 4.98 Å². The molecule has 1 amide bonds. The largest absolute Gasteiger partial charge is 0.384 e. The molecule has 2 N–H and O–H groups in total. The van der Waals surface area contributed by atoms with E-state index in [1.54, 1.807) is 11.3 Å². The van der Waals surface area contributed by atoms with Gasteiger partial charge < -0.3 is 10.6 Å². The van der Waals surface area contributed by atoms with E-state index in [0.717, 1.165) is 34.6 Å². The van der Waals surface area contributed by atoms with Crippen LogP contribution in [0.2, 0.25) is 0 Å². The molecule has 5 heteroatoms. The number of thiazole rings is 1. The molecule has 1 aliphatic heterocycles. The molecule has 104 valence electrons. The minimum atomic E-state index is -0.0754. The fourth-order valence-corrected chi connectivity index (χ4v) is 3.30. The van der Waals surface area contributed by atoms with Gasteiger partial charge in [0, 0.05) is 23.5 Å². The van der Waals surface area contributed by atoms with Crippen LogP contribution in [0.4, 0.5) is 11.4 Å². The third-order valence-electron chi connectivity index (χ3n) is 3.67. The van der Waals surface area contributed by atoms with Crippen molar-refractivity contribution in [2.24, 2.45) is 0 Å². The van der Waals surface area contributed by atoms with Gasteiger partial charge in [-0.05, 0) is 48.4 Å². The standard InChI is InChI=1S/C16H13N3OS/c20-16(11-1-3-13-10(7-11)5-6-17-13)19-12-2-4-14-15(8-12)21-9-18-14/h1-4,7-9,17H,5-6H2,(H,19,20). The van der Waals surface area contributed by atoms with E-state index in [-0.39, 0.29) is 5.91 Å². The topological polar surface area (TPSA) is 54.0 Å². The number of rotatable bonds is 2. The normalized spacial score (nSPS) is 13.0. The number of amides is 1. The van der Waals surface area contributed by atoms with Crippen molar-refractivity contribution in [1.82, 2.24) is 4.98 Å². The van der Waals surface area contributed by atoms with E-state index < -0.39 is 0 Å². The van der Waals surface area contributed by atoms with Crippen molar-refractivity contribution in [3.63, 3.8) is 0 Å². The van der Waals surface area contributed by atoms with Gasteiger partial charge in [-0.1, -0.05) is 0 Å². The minimum absolute atomic E-state index is 0.0754. The summed E-state index contributed by atoms with van der Waals surface area (Å²) in [7, 11) is 0. The van der Waals surface area contributed by atoms with Crippen molar-refractivity contribution in [2.45, 2.75) is 6.42 Å². The first-order valence-corrected chi connectivity index (χ1v) is 7.69. The smallest absolute Gasteiger partial charge is 0.255 e. The average Bonchev–Trinajstić information content (AvgIpc) is 3.14. The molecule has 1 aromatic heterocycles. The van der Waals surface area contributed by atoms with E-state index in [9.17, 15) is 4.79 Å². The van der Waals surface area contributed by atoms with E-state index in [0.29, 0.717) is 5.56 Å². The van der Waals surface area contributed by atoms with Crippen LogP contribution in [0.1, 0.15) is 15.9 Å². The summed E-state index contributed by atoms with van der Waals surface area (Å²) < 4.78 is 1.07. The first kappa shape index (κ1) is 12.3. The highest BCUT2D eigenvalue weighted by atomic mass is 32.1. The number of benzene rings is 2. The summed E-state index contributed by atoms with van der Waals surface area (Å²) in [5, 5.41) is 6.25. The number of fused-ring (bicyclic) bond motifs is 2. The predicted octanol–water partition coefficient (Wildman–Crippen LogP) is 3.52. The monoisotopic (exact) mass is 295 g/mol. The number of anilines is 2. The molecule has 0 saturated heterocycles. The van der Waals surface area contributed by atoms with Crippen LogP contribution in [-0.4, -0.2) is 17.4 Å². The molecule has 0 saturated carbocycles. The Bertz CT molecular complexity index is 840. The predicted molar refractivity (Wildman–Crippen MR) is 86.2 cm³/mol. The van der Waals surface area contributed by atoms with Crippen LogP contribution in [0, 0.1) is 0 Å². The highest BCUT2D eigenvalue weighted by molar-refractivity contribution is 7.16. The Labute approximate surface area is 125 Å². The Morgan fingerprint density at radius 2 is 2.19 bits per heavy atom.